The van der Waals surface area contributed by atoms with Crippen molar-refractivity contribution in [2.45, 2.75) is 19.3 Å². The second kappa shape index (κ2) is 6.86. The van der Waals surface area contributed by atoms with Gasteiger partial charge in [0.25, 0.3) is 5.91 Å². The lowest BCUT2D eigenvalue weighted by Gasteiger charge is -2.31. The van der Waals surface area contributed by atoms with Crippen molar-refractivity contribution in [1.29, 1.82) is 0 Å². The highest BCUT2D eigenvalue weighted by Gasteiger charge is 2.26. The summed E-state index contributed by atoms with van der Waals surface area (Å²) in [6.45, 7) is 1.17. The Kier molecular flexibility index (Phi) is 4.64. The van der Waals surface area contributed by atoms with E-state index in [0.29, 0.717) is 19.0 Å². The number of carboxylic acid groups (broad SMARTS) is 1. The molecule has 24 heavy (non-hydrogen) atoms. The van der Waals surface area contributed by atoms with Gasteiger partial charge in [0.2, 0.25) is 5.76 Å². The van der Waals surface area contributed by atoms with Crippen molar-refractivity contribution in [2.24, 2.45) is 5.92 Å². The van der Waals surface area contributed by atoms with Crippen LogP contribution in [0.3, 0.4) is 0 Å². The maximum atomic E-state index is 13.2. The number of rotatable bonds is 4. The highest BCUT2D eigenvalue weighted by atomic mass is 19.1. The fourth-order valence-electron chi connectivity index (χ4n) is 3.06. The number of halogens is 1. The van der Waals surface area contributed by atoms with Gasteiger partial charge in [0, 0.05) is 13.1 Å². The van der Waals surface area contributed by atoms with Crippen molar-refractivity contribution < 1.29 is 23.5 Å². The van der Waals surface area contributed by atoms with Gasteiger partial charge in [0.05, 0.1) is 0 Å². The summed E-state index contributed by atoms with van der Waals surface area (Å²) in [6, 6.07) is 9.28. The van der Waals surface area contributed by atoms with Crippen LogP contribution in [0.1, 0.15) is 39.5 Å². The van der Waals surface area contributed by atoms with E-state index in [-0.39, 0.29) is 23.2 Å². The molecule has 0 spiro atoms. The van der Waals surface area contributed by atoms with Crippen LogP contribution in [-0.2, 0) is 6.42 Å². The van der Waals surface area contributed by atoms with Gasteiger partial charge in [-0.05, 0) is 55.0 Å². The number of aromatic carboxylic acids is 1. The molecule has 1 aliphatic heterocycles. The van der Waals surface area contributed by atoms with E-state index in [1.807, 2.05) is 6.07 Å². The molecular formula is C18H18FNO4. The molecule has 1 aromatic carbocycles. The van der Waals surface area contributed by atoms with Gasteiger partial charge in [0.15, 0.2) is 5.76 Å². The number of benzene rings is 1. The summed E-state index contributed by atoms with van der Waals surface area (Å²) in [5.41, 5.74) is 0.969. The topological polar surface area (TPSA) is 70.8 Å². The average Bonchev–Trinajstić information content (AvgIpc) is 3.05. The predicted molar refractivity (Wildman–Crippen MR) is 84.4 cm³/mol. The lowest BCUT2D eigenvalue weighted by molar-refractivity contribution is 0.0629. The van der Waals surface area contributed by atoms with Crippen LogP contribution >= 0.6 is 0 Å². The van der Waals surface area contributed by atoms with Gasteiger partial charge in [0.1, 0.15) is 5.82 Å². The molecule has 2 aromatic rings. The molecule has 3 rings (SSSR count). The van der Waals surface area contributed by atoms with E-state index >= 15 is 0 Å². The smallest absolute Gasteiger partial charge is 0.371 e. The van der Waals surface area contributed by atoms with Crippen LogP contribution in [0.5, 0.6) is 0 Å². The molecule has 1 amide bonds. The molecule has 2 heterocycles. The van der Waals surface area contributed by atoms with Crippen LogP contribution in [0.25, 0.3) is 0 Å². The number of hydrogen-bond donors (Lipinski definition) is 1. The third kappa shape index (κ3) is 3.64. The molecule has 0 atom stereocenters. The zero-order chi connectivity index (χ0) is 17.1. The third-order valence-electron chi connectivity index (χ3n) is 4.34. The van der Waals surface area contributed by atoms with E-state index < -0.39 is 5.97 Å². The number of carbonyl (C=O) groups is 2. The van der Waals surface area contributed by atoms with Crippen molar-refractivity contribution in [3.05, 3.63) is 59.3 Å². The molecule has 0 aliphatic carbocycles. The molecule has 0 bridgehead atoms. The summed E-state index contributed by atoms with van der Waals surface area (Å²) in [6.07, 6.45) is 2.45. The minimum atomic E-state index is -1.19. The number of carbonyl (C=O) groups excluding carboxylic acids is 1. The van der Waals surface area contributed by atoms with Crippen molar-refractivity contribution >= 4 is 11.9 Å². The van der Waals surface area contributed by atoms with Crippen LogP contribution in [0.2, 0.25) is 0 Å². The number of hydrogen-bond acceptors (Lipinski definition) is 3. The number of carboxylic acids is 1. The second-order valence-electron chi connectivity index (χ2n) is 6.04. The second-order valence-corrected chi connectivity index (χ2v) is 6.04. The number of amides is 1. The molecule has 1 saturated heterocycles. The molecule has 1 aromatic heterocycles. The van der Waals surface area contributed by atoms with E-state index in [9.17, 15) is 14.0 Å². The first-order chi connectivity index (χ1) is 11.5. The van der Waals surface area contributed by atoms with Crippen molar-refractivity contribution in [1.82, 2.24) is 4.90 Å². The lowest BCUT2D eigenvalue weighted by atomic mass is 9.90. The van der Waals surface area contributed by atoms with Gasteiger partial charge in [-0.2, -0.15) is 0 Å². The van der Waals surface area contributed by atoms with E-state index in [1.54, 1.807) is 17.0 Å². The number of furan rings is 1. The summed E-state index contributed by atoms with van der Waals surface area (Å²) >= 11 is 0. The molecule has 126 valence electrons. The SMILES string of the molecule is O=C(O)c1ccc(C(=O)N2CCC(Cc3cccc(F)c3)CC2)o1. The van der Waals surface area contributed by atoms with Crippen molar-refractivity contribution in [3.8, 4) is 0 Å². The molecule has 1 aliphatic rings. The monoisotopic (exact) mass is 331 g/mol. The summed E-state index contributed by atoms with van der Waals surface area (Å²) in [7, 11) is 0. The lowest BCUT2D eigenvalue weighted by Crippen LogP contribution is -2.38. The minimum absolute atomic E-state index is 0.0518. The Hall–Kier alpha value is -2.63. The third-order valence-corrected chi connectivity index (χ3v) is 4.34. The molecule has 0 radical (unpaired) electrons. The highest BCUT2D eigenvalue weighted by Crippen LogP contribution is 2.23. The first-order valence-corrected chi connectivity index (χ1v) is 7.90. The van der Waals surface area contributed by atoms with E-state index in [0.717, 1.165) is 24.8 Å². The normalized spacial score (nSPS) is 15.5. The minimum Gasteiger partial charge on any atom is -0.475 e. The molecule has 1 fully saturated rings. The van der Waals surface area contributed by atoms with Gasteiger partial charge in [-0.1, -0.05) is 12.1 Å². The summed E-state index contributed by atoms with van der Waals surface area (Å²) < 4.78 is 18.3. The number of piperidine rings is 1. The van der Waals surface area contributed by atoms with Crippen LogP contribution in [0.15, 0.2) is 40.8 Å². The Morgan fingerprint density at radius 3 is 2.50 bits per heavy atom. The Bertz CT molecular complexity index is 747. The molecule has 1 N–H and O–H groups in total. The Labute approximate surface area is 138 Å². The largest absolute Gasteiger partial charge is 0.475 e. The zero-order valence-electron chi connectivity index (χ0n) is 13.1. The summed E-state index contributed by atoms with van der Waals surface area (Å²) in [4.78, 5) is 24.8. The fraction of sp³-hybridized carbons (Fsp3) is 0.333. The Balaban J connectivity index is 1.56. The quantitative estimate of drug-likeness (QED) is 0.934. The van der Waals surface area contributed by atoms with E-state index in [4.69, 9.17) is 9.52 Å². The summed E-state index contributed by atoms with van der Waals surface area (Å²) in [5, 5.41) is 8.84. The van der Waals surface area contributed by atoms with Crippen LogP contribution in [0.4, 0.5) is 4.39 Å². The molecular weight excluding hydrogens is 313 g/mol. The summed E-state index contributed by atoms with van der Waals surface area (Å²) in [5.74, 6) is -1.49. The first kappa shape index (κ1) is 16.2. The molecule has 6 heteroatoms. The van der Waals surface area contributed by atoms with Gasteiger partial charge in [-0.25, -0.2) is 9.18 Å². The van der Waals surface area contributed by atoms with E-state index in [1.165, 1.54) is 18.2 Å². The van der Waals surface area contributed by atoms with Crippen LogP contribution in [-0.4, -0.2) is 35.0 Å². The van der Waals surface area contributed by atoms with Gasteiger partial charge in [-0.3, -0.25) is 4.79 Å². The van der Waals surface area contributed by atoms with Gasteiger partial charge >= 0.3 is 5.97 Å². The van der Waals surface area contributed by atoms with Gasteiger partial charge in [-0.15, -0.1) is 0 Å². The van der Waals surface area contributed by atoms with E-state index in [2.05, 4.69) is 0 Å². The van der Waals surface area contributed by atoms with Crippen LogP contribution in [0, 0.1) is 11.7 Å². The standard InChI is InChI=1S/C18H18FNO4/c19-14-3-1-2-13(11-14)10-12-6-8-20(9-7-12)17(21)15-4-5-16(24-15)18(22)23/h1-5,11-12H,6-10H2,(H,22,23). The zero-order valence-corrected chi connectivity index (χ0v) is 13.1. The molecule has 0 saturated carbocycles. The predicted octanol–water partition coefficient (Wildman–Crippen LogP) is 3.21. The first-order valence-electron chi connectivity index (χ1n) is 7.90. The maximum absolute atomic E-state index is 13.2. The maximum Gasteiger partial charge on any atom is 0.371 e. The Morgan fingerprint density at radius 1 is 1.17 bits per heavy atom. The number of likely N-dealkylation sites (tertiary alicyclic amines) is 1. The Morgan fingerprint density at radius 2 is 1.88 bits per heavy atom. The highest BCUT2D eigenvalue weighted by molar-refractivity contribution is 5.93. The molecule has 5 nitrogen and oxygen atoms in total. The molecule has 0 unspecified atom stereocenters. The van der Waals surface area contributed by atoms with Crippen LogP contribution < -0.4 is 0 Å². The van der Waals surface area contributed by atoms with Crippen molar-refractivity contribution in [2.75, 3.05) is 13.1 Å². The fourth-order valence-corrected chi connectivity index (χ4v) is 3.06. The van der Waals surface area contributed by atoms with Gasteiger partial charge < -0.3 is 14.4 Å². The van der Waals surface area contributed by atoms with Crippen molar-refractivity contribution in [3.63, 3.8) is 0 Å². The number of nitrogens with zero attached hydrogens (tertiary/aromatic N) is 1. The average molecular weight is 331 g/mol.